The van der Waals surface area contributed by atoms with E-state index in [2.05, 4.69) is 29.9 Å². The Morgan fingerprint density at radius 2 is 1.90 bits per heavy atom. The van der Waals surface area contributed by atoms with Crippen LogP contribution in [0.25, 0.3) is 33.6 Å². The first-order valence-corrected chi connectivity index (χ1v) is 6.18. The maximum atomic E-state index is 11.8. The number of nitrogens with zero attached hydrogens (tertiary/aromatic N) is 4. The summed E-state index contributed by atoms with van der Waals surface area (Å²) in [5.41, 5.74) is 7.90. The summed E-state index contributed by atoms with van der Waals surface area (Å²) < 4.78 is 0. The van der Waals surface area contributed by atoms with Crippen molar-refractivity contribution in [2.24, 2.45) is 0 Å². The predicted octanol–water partition coefficient (Wildman–Crippen LogP) is 0.839. The van der Waals surface area contributed by atoms with Gasteiger partial charge in [-0.05, 0) is 12.1 Å². The van der Waals surface area contributed by atoms with E-state index in [9.17, 15) is 4.79 Å². The summed E-state index contributed by atoms with van der Waals surface area (Å²) in [5, 5.41) is 0. The lowest BCUT2D eigenvalue weighted by Gasteiger charge is -2.01. The number of H-pyrrole nitrogens is 2. The van der Waals surface area contributed by atoms with Crippen molar-refractivity contribution in [2.45, 2.75) is 0 Å². The van der Waals surface area contributed by atoms with E-state index >= 15 is 0 Å². The molecule has 21 heavy (non-hydrogen) atoms. The van der Waals surface area contributed by atoms with Gasteiger partial charge in [0, 0.05) is 18.0 Å². The van der Waals surface area contributed by atoms with E-state index in [0.717, 1.165) is 11.1 Å². The van der Waals surface area contributed by atoms with Crippen LogP contribution in [-0.2, 0) is 0 Å². The Labute approximate surface area is 117 Å². The fourth-order valence-electron chi connectivity index (χ4n) is 2.24. The molecule has 0 unspecified atom stereocenters. The molecule has 0 saturated heterocycles. The monoisotopic (exact) mass is 279 g/mol. The number of nitrogens with one attached hydrogen (secondary N) is 2. The summed E-state index contributed by atoms with van der Waals surface area (Å²) in [7, 11) is 0. The second kappa shape index (κ2) is 4.10. The summed E-state index contributed by atoms with van der Waals surface area (Å²) in [4.78, 5) is 34.1. The molecule has 4 aromatic rings. The number of hydrogen-bond donors (Lipinski definition) is 3. The molecule has 0 aliphatic heterocycles. The first kappa shape index (κ1) is 11.5. The molecule has 0 spiro atoms. The van der Waals surface area contributed by atoms with Crippen molar-refractivity contribution in [3.8, 4) is 11.4 Å². The van der Waals surface area contributed by atoms with Gasteiger partial charge in [0.2, 0.25) is 5.95 Å². The van der Waals surface area contributed by atoms with Crippen LogP contribution in [0.4, 0.5) is 5.95 Å². The van der Waals surface area contributed by atoms with Gasteiger partial charge in [0.1, 0.15) is 5.82 Å². The smallest absolute Gasteiger partial charge is 0.278 e. The topological polar surface area (TPSA) is 126 Å². The summed E-state index contributed by atoms with van der Waals surface area (Å²) >= 11 is 0. The summed E-state index contributed by atoms with van der Waals surface area (Å²) in [5.74, 6) is 0.531. The van der Waals surface area contributed by atoms with E-state index < -0.39 is 0 Å². The minimum atomic E-state index is -0.359. The second-order valence-corrected chi connectivity index (χ2v) is 4.46. The highest BCUT2D eigenvalue weighted by atomic mass is 16.1. The SMILES string of the molecule is Nc1nc2nc(-c3cccc4nccnc34)[nH]c2c(=O)[nH]1. The third kappa shape index (κ3) is 1.73. The molecular weight excluding hydrogens is 270 g/mol. The number of nitrogens with two attached hydrogens (primary N) is 1. The molecule has 0 aliphatic carbocycles. The number of imidazole rings is 1. The van der Waals surface area contributed by atoms with Crippen molar-refractivity contribution in [3.63, 3.8) is 0 Å². The zero-order chi connectivity index (χ0) is 14.4. The molecule has 1 aromatic carbocycles. The van der Waals surface area contributed by atoms with E-state index in [0.29, 0.717) is 11.3 Å². The molecule has 3 heterocycles. The lowest BCUT2D eigenvalue weighted by atomic mass is 10.1. The molecule has 102 valence electrons. The Kier molecular flexibility index (Phi) is 2.25. The summed E-state index contributed by atoms with van der Waals surface area (Å²) in [6.07, 6.45) is 3.23. The lowest BCUT2D eigenvalue weighted by molar-refractivity contribution is 1.17. The zero-order valence-corrected chi connectivity index (χ0v) is 10.7. The lowest BCUT2D eigenvalue weighted by Crippen LogP contribution is -2.10. The number of benzene rings is 1. The van der Waals surface area contributed by atoms with Crippen molar-refractivity contribution in [1.82, 2.24) is 29.9 Å². The molecule has 0 radical (unpaired) electrons. The van der Waals surface area contributed by atoms with E-state index in [1.54, 1.807) is 12.4 Å². The standard InChI is InChI=1S/C13H9N7O/c14-13-19-11-9(12(21)20-13)17-10(18-11)6-2-1-3-7-8(6)16-5-4-15-7/h1-5H,(H4,14,17,18,19,20,21). The van der Waals surface area contributed by atoms with Crippen LogP contribution in [0.3, 0.4) is 0 Å². The number of nitrogen functional groups attached to an aromatic ring is 1. The quantitative estimate of drug-likeness (QED) is 0.474. The van der Waals surface area contributed by atoms with Gasteiger partial charge in [-0.3, -0.25) is 19.7 Å². The van der Waals surface area contributed by atoms with Crippen LogP contribution in [0.5, 0.6) is 0 Å². The van der Waals surface area contributed by atoms with Gasteiger partial charge in [0.05, 0.1) is 11.0 Å². The maximum absolute atomic E-state index is 11.8. The zero-order valence-electron chi connectivity index (χ0n) is 10.7. The van der Waals surface area contributed by atoms with E-state index in [1.807, 2.05) is 18.2 Å². The minimum Gasteiger partial charge on any atom is -0.369 e. The van der Waals surface area contributed by atoms with E-state index in [-0.39, 0.29) is 22.7 Å². The molecule has 4 N–H and O–H groups in total. The number of para-hydroxylation sites is 1. The third-order valence-electron chi connectivity index (χ3n) is 3.13. The first-order chi connectivity index (χ1) is 10.2. The Morgan fingerprint density at radius 3 is 2.81 bits per heavy atom. The highest BCUT2D eigenvalue weighted by Gasteiger charge is 2.13. The largest absolute Gasteiger partial charge is 0.369 e. The summed E-state index contributed by atoms with van der Waals surface area (Å²) in [6.45, 7) is 0. The summed E-state index contributed by atoms with van der Waals surface area (Å²) in [6, 6.07) is 5.56. The first-order valence-electron chi connectivity index (χ1n) is 6.18. The molecule has 0 saturated carbocycles. The van der Waals surface area contributed by atoms with Crippen LogP contribution >= 0.6 is 0 Å². The molecule has 3 aromatic heterocycles. The van der Waals surface area contributed by atoms with Crippen molar-refractivity contribution in [2.75, 3.05) is 5.73 Å². The van der Waals surface area contributed by atoms with Gasteiger partial charge < -0.3 is 10.7 Å². The number of aromatic nitrogens is 6. The van der Waals surface area contributed by atoms with Crippen molar-refractivity contribution >= 4 is 28.1 Å². The van der Waals surface area contributed by atoms with Crippen molar-refractivity contribution in [1.29, 1.82) is 0 Å². The van der Waals surface area contributed by atoms with Crippen LogP contribution < -0.4 is 11.3 Å². The minimum absolute atomic E-state index is 0.0308. The number of aromatic amines is 2. The molecule has 4 rings (SSSR count). The van der Waals surface area contributed by atoms with Crippen LogP contribution in [-0.4, -0.2) is 29.9 Å². The average molecular weight is 279 g/mol. The molecule has 8 nitrogen and oxygen atoms in total. The van der Waals surface area contributed by atoms with E-state index in [4.69, 9.17) is 5.73 Å². The van der Waals surface area contributed by atoms with Gasteiger partial charge in [-0.2, -0.15) is 4.98 Å². The number of rotatable bonds is 1. The van der Waals surface area contributed by atoms with Gasteiger partial charge in [-0.15, -0.1) is 0 Å². The highest BCUT2D eigenvalue weighted by molar-refractivity contribution is 5.91. The van der Waals surface area contributed by atoms with E-state index in [1.165, 1.54) is 0 Å². The normalized spacial score (nSPS) is 11.2. The van der Waals surface area contributed by atoms with Crippen molar-refractivity contribution < 1.29 is 0 Å². The number of hydrogen-bond acceptors (Lipinski definition) is 6. The van der Waals surface area contributed by atoms with Crippen LogP contribution in [0.1, 0.15) is 0 Å². The van der Waals surface area contributed by atoms with Gasteiger partial charge in [0.15, 0.2) is 11.2 Å². The van der Waals surface area contributed by atoms with Crippen LogP contribution in [0.2, 0.25) is 0 Å². The third-order valence-corrected chi connectivity index (χ3v) is 3.13. The number of fused-ring (bicyclic) bond motifs is 2. The van der Waals surface area contributed by atoms with Gasteiger partial charge in [-0.1, -0.05) is 6.07 Å². The Balaban J connectivity index is 2.05. The maximum Gasteiger partial charge on any atom is 0.278 e. The molecule has 0 bridgehead atoms. The highest BCUT2D eigenvalue weighted by Crippen LogP contribution is 2.24. The fraction of sp³-hybridized carbons (Fsp3) is 0. The van der Waals surface area contributed by atoms with Gasteiger partial charge in [0.25, 0.3) is 5.56 Å². The van der Waals surface area contributed by atoms with Crippen molar-refractivity contribution in [3.05, 3.63) is 40.9 Å². The predicted molar refractivity (Wildman–Crippen MR) is 77.5 cm³/mol. The molecule has 0 aliphatic rings. The number of anilines is 1. The van der Waals surface area contributed by atoms with Crippen LogP contribution in [0.15, 0.2) is 35.4 Å². The molecule has 0 atom stereocenters. The average Bonchev–Trinajstić information content (AvgIpc) is 2.90. The Bertz CT molecular complexity index is 1030. The Morgan fingerprint density at radius 1 is 1.05 bits per heavy atom. The molecule has 0 amide bonds. The van der Waals surface area contributed by atoms with Gasteiger partial charge >= 0.3 is 0 Å². The van der Waals surface area contributed by atoms with Gasteiger partial charge in [-0.25, -0.2) is 4.98 Å². The molecular formula is C13H9N7O. The second-order valence-electron chi connectivity index (χ2n) is 4.46. The Hall–Kier alpha value is -3.29. The molecule has 0 fully saturated rings. The molecule has 8 heteroatoms. The fourth-order valence-corrected chi connectivity index (χ4v) is 2.24. The van der Waals surface area contributed by atoms with Crippen LogP contribution in [0, 0.1) is 0 Å².